The molecule has 198 valence electrons. The third kappa shape index (κ3) is 6.29. The van der Waals surface area contributed by atoms with Gasteiger partial charge < -0.3 is 15.6 Å². The summed E-state index contributed by atoms with van der Waals surface area (Å²) in [6, 6.07) is 12.6. The molecule has 0 amide bonds. The van der Waals surface area contributed by atoms with Crippen molar-refractivity contribution in [3.05, 3.63) is 88.5 Å². The number of aryl methyl sites for hydroxylation is 2. The SMILES string of the molecule is Cc1ccn(-c2cc(Cl)ccc2C(Oc2cc(-c3ccc(C[C@H](N)C(=O)O)cc3)nc(C)n2)C(F)(F)F)n1. The molecule has 0 aliphatic carbocycles. The molecule has 2 aromatic heterocycles. The minimum atomic E-state index is -4.80. The van der Waals surface area contributed by atoms with Crippen molar-refractivity contribution in [3.8, 4) is 22.8 Å². The first-order valence-electron chi connectivity index (χ1n) is 11.4. The lowest BCUT2D eigenvalue weighted by atomic mass is 10.0. The van der Waals surface area contributed by atoms with Crippen LogP contribution in [-0.2, 0) is 11.2 Å². The van der Waals surface area contributed by atoms with Crippen LogP contribution < -0.4 is 10.5 Å². The number of aromatic nitrogens is 4. The highest BCUT2D eigenvalue weighted by Crippen LogP contribution is 2.40. The first kappa shape index (κ1) is 27.1. The summed E-state index contributed by atoms with van der Waals surface area (Å²) >= 11 is 6.10. The zero-order chi connectivity index (χ0) is 27.6. The molecule has 0 aliphatic rings. The predicted octanol–water partition coefficient (Wildman–Crippen LogP) is 5.24. The number of halogens is 4. The molecule has 3 N–H and O–H groups in total. The van der Waals surface area contributed by atoms with Crippen LogP contribution in [0.4, 0.5) is 13.2 Å². The summed E-state index contributed by atoms with van der Waals surface area (Å²) in [7, 11) is 0. The number of rotatable bonds is 8. The average Bonchev–Trinajstić information content (AvgIpc) is 3.28. The van der Waals surface area contributed by atoms with Gasteiger partial charge in [0, 0.05) is 28.4 Å². The fourth-order valence-electron chi connectivity index (χ4n) is 3.81. The van der Waals surface area contributed by atoms with Gasteiger partial charge >= 0.3 is 12.1 Å². The van der Waals surface area contributed by atoms with Crippen molar-refractivity contribution in [2.24, 2.45) is 5.73 Å². The lowest BCUT2D eigenvalue weighted by Crippen LogP contribution is -2.32. The summed E-state index contributed by atoms with van der Waals surface area (Å²) in [5, 5.41) is 13.5. The van der Waals surface area contributed by atoms with E-state index in [1.54, 1.807) is 44.2 Å². The fraction of sp³-hybridized carbons (Fsp3) is 0.231. The summed E-state index contributed by atoms with van der Waals surface area (Å²) < 4.78 is 49.8. The Bertz CT molecular complexity index is 1460. The minimum Gasteiger partial charge on any atom is -0.480 e. The van der Waals surface area contributed by atoms with E-state index in [1.807, 2.05) is 0 Å². The van der Waals surface area contributed by atoms with Crippen molar-refractivity contribution in [3.63, 3.8) is 0 Å². The van der Waals surface area contributed by atoms with Gasteiger partial charge in [-0.1, -0.05) is 41.9 Å². The van der Waals surface area contributed by atoms with Crippen molar-refractivity contribution < 1.29 is 27.8 Å². The van der Waals surface area contributed by atoms with Gasteiger partial charge in [0.2, 0.25) is 12.0 Å². The molecule has 2 aromatic carbocycles. The first-order chi connectivity index (χ1) is 17.9. The summed E-state index contributed by atoms with van der Waals surface area (Å²) in [5.41, 5.74) is 7.73. The number of aliphatic carboxylic acids is 1. The Balaban J connectivity index is 1.68. The number of alkyl halides is 3. The van der Waals surface area contributed by atoms with Gasteiger partial charge in [-0.25, -0.2) is 9.67 Å². The molecule has 12 heteroatoms. The summed E-state index contributed by atoms with van der Waals surface area (Å²) in [5.74, 6) is -1.19. The molecule has 2 heterocycles. The molecule has 0 saturated carbocycles. The van der Waals surface area contributed by atoms with Crippen LogP contribution in [0.15, 0.2) is 60.8 Å². The maximum atomic E-state index is 14.3. The molecule has 38 heavy (non-hydrogen) atoms. The predicted molar refractivity (Wildman–Crippen MR) is 134 cm³/mol. The zero-order valence-corrected chi connectivity index (χ0v) is 21.0. The molecule has 1 unspecified atom stereocenters. The van der Waals surface area contributed by atoms with E-state index >= 15 is 0 Å². The van der Waals surface area contributed by atoms with E-state index in [0.29, 0.717) is 22.5 Å². The molecular weight excluding hydrogens is 523 g/mol. The lowest BCUT2D eigenvalue weighted by molar-refractivity contribution is -0.198. The average molecular weight is 546 g/mol. The summed E-state index contributed by atoms with van der Waals surface area (Å²) in [6.45, 7) is 3.26. The molecule has 0 fully saturated rings. The van der Waals surface area contributed by atoms with Gasteiger partial charge in [-0.15, -0.1) is 0 Å². The summed E-state index contributed by atoms with van der Waals surface area (Å²) in [6.07, 6.45) is -5.51. The van der Waals surface area contributed by atoms with E-state index in [0.717, 1.165) is 0 Å². The summed E-state index contributed by atoms with van der Waals surface area (Å²) in [4.78, 5) is 19.4. The number of benzene rings is 2. The third-order valence-corrected chi connectivity index (χ3v) is 5.85. The van der Waals surface area contributed by atoms with E-state index in [-0.39, 0.29) is 34.4 Å². The second-order valence-electron chi connectivity index (χ2n) is 8.63. The highest BCUT2D eigenvalue weighted by Gasteiger charge is 2.45. The van der Waals surface area contributed by atoms with E-state index < -0.39 is 24.3 Å². The second kappa shape index (κ2) is 10.8. The van der Waals surface area contributed by atoms with E-state index in [2.05, 4.69) is 15.1 Å². The smallest absolute Gasteiger partial charge is 0.429 e. The van der Waals surface area contributed by atoms with Gasteiger partial charge in [0.1, 0.15) is 11.9 Å². The number of carbonyl (C=O) groups is 1. The first-order valence-corrected chi connectivity index (χ1v) is 11.8. The van der Waals surface area contributed by atoms with Crippen LogP contribution in [0.1, 0.15) is 28.7 Å². The number of hydrogen-bond donors (Lipinski definition) is 2. The molecule has 0 radical (unpaired) electrons. The number of hydrogen-bond acceptors (Lipinski definition) is 6. The fourth-order valence-corrected chi connectivity index (χ4v) is 3.98. The molecule has 8 nitrogen and oxygen atoms in total. The van der Waals surface area contributed by atoms with Crippen molar-refractivity contribution in [1.82, 2.24) is 19.7 Å². The third-order valence-electron chi connectivity index (χ3n) is 5.62. The van der Waals surface area contributed by atoms with E-state index in [1.165, 1.54) is 35.1 Å². The molecule has 0 saturated heterocycles. The lowest BCUT2D eigenvalue weighted by Gasteiger charge is -2.24. The normalized spacial score (nSPS) is 13.2. The standard InChI is InChI=1S/C26H23ClF3N5O3/c1-14-9-10-35(34-14)22-12-18(27)7-8-19(22)24(26(28,29)30)38-23-13-21(32-15(2)33-23)17-5-3-16(4-6-17)11-20(31)25(36)37/h3-10,12-13,20,24H,11,31H2,1-2H3,(H,36,37)/t20-,24?/m0/s1. The van der Waals surface area contributed by atoms with Crippen LogP contribution in [0.25, 0.3) is 16.9 Å². The second-order valence-corrected chi connectivity index (χ2v) is 9.07. The van der Waals surface area contributed by atoms with Crippen LogP contribution in [0, 0.1) is 13.8 Å². The largest absolute Gasteiger partial charge is 0.480 e. The molecular formula is C26H23ClF3N5O3. The monoisotopic (exact) mass is 545 g/mol. The number of carboxylic acids is 1. The highest BCUT2D eigenvalue weighted by molar-refractivity contribution is 6.30. The number of nitrogens with two attached hydrogens (primary N) is 1. The van der Waals surface area contributed by atoms with Crippen LogP contribution in [0.3, 0.4) is 0 Å². The van der Waals surface area contributed by atoms with Crippen LogP contribution >= 0.6 is 11.6 Å². The molecule has 0 aliphatic heterocycles. The van der Waals surface area contributed by atoms with Gasteiger partial charge in [0.05, 0.1) is 17.1 Å². The quantitative estimate of drug-likeness (QED) is 0.311. The van der Waals surface area contributed by atoms with Crippen LogP contribution in [0.2, 0.25) is 5.02 Å². The Labute approximate surface area is 220 Å². The number of ether oxygens (including phenoxy) is 1. The maximum absolute atomic E-state index is 14.3. The number of nitrogens with zero attached hydrogens (tertiary/aromatic N) is 4. The minimum absolute atomic E-state index is 0.120. The zero-order valence-electron chi connectivity index (χ0n) is 20.3. The van der Waals surface area contributed by atoms with Crippen LogP contribution in [0.5, 0.6) is 5.88 Å². The molecule has 4 rings (SSSR count). The van der Waals surface area contributed by atoms with E-state index in [9.17, 15) is 18.0 Å². The molecule has 0 spiro atoms. The number of carboxylic acid groups (broad SMARTS) is 1. The van der Waals surface area contributed by atoms with Crippen LogP contribution in [-0.4, -0.2) is 43.0 Å². The Morgan fingerprint density at radius 1 is 1.11 bits per heavy atom. The molecule has 4 aromatic rings. The van der Waals surface area contributed by atoms with Crippen molar-refractivity contribution >= 4 is 17.6 Å². The maximum Gasteiger partial charge on any atom is 0.429 e. The van der Waals surface area contributed by atoms with Gasteiger partial charge in [-0.05, 0) is 44.0 Å². The van der Waals surface area contributed by atoms with Crippen molar-refractivity contribution in [2.75, 3.05) is 0 Å². The molecule has 0 bridgehead atoms. The Morgan fingerprint density at radius 3 is 2.42 bits per heavy atom. The van der Waals surface area contributed by atoms with Gasteiger partial charge in [-0.2, -0.15) is 23.3 Å². The van der Waals surface area contributed by atoms with Gasteiger partial charge in [0.25, 0.3) is 0 Å². The van der Waals surface area contributed by atoms with Gasteiger partial charge in [0.15, 0.2) is 0 Å². The van der Waals surface area contributed by atoms with Crippen molar-refractivity contribution in [1.29, 1.82) is 0 Å². The Kier molecular flexibility index (Phi) is 7.70. The van der Waals surface area contributed by atoms with E-state index in [4.69, 9.17) is 27.2 Å². The Hall–Kier alpha value is -3.96. The highest BCUT2D eigenvalue weighted by atomic mass is 35.5. The Morgan fingerprint density at radius 2 is 1.82 bits per heavy atom. The molecule has 2 atom stereocenters. The van der Waals surface area contributed by atoms with Crippen molar-refractivity contribution in [2.45, 2.75) is 38.6 Å². The van der Waals surface area contributed by atoms with Gasteiger partial charge in [-0.3, -0.25) is 4.79 Å². The topological polar surface area (TPSA) is 116 Å².